The summed E-state index contributed by atoms with van der Waals surface area (Å²) in [4.78, 5) is 12.3. The molecule has 1 saturated heterocycles. The first kappa shape index (κ1) is 13.8. The van der Waals surface area contributed by atoms with Crippen LogP contribution in [0.15, 0.2) is 30.3 Å². The van der Waals surface area contributed by atoms with Crippen LogP contribution in [0.1, 0.15) is 29.0 Å². The van der Waals surface area contributed by atoms with E-state index in [2.05, 4.69) is 15.6 Å². The van der Waals surface area contributed by atoms with Crippen molar-refractivity contribution in [1.82, 2.24) is 20.3 Å². The zero-order valence-corrected chi connectivity index (χ0v) is 12.0. The molecular formula is C15H18N4O2. The van der Waals surface area contributed by atoms with E-state index in [9.17, 15) is 4.79 Å². The fourth-order valence-electron chi connectivity index (χ4n) is 2.46. The van der Waals surface area contributed by atoms with Crippen LogP contribution in [0, 0.1) is 6.92 Å². The number of nitrogens with one attached hydrogen (secondary N) is 1. The van der Waals surface area contributed by atoms with Crippen LogP contribution >= 0.6 is 0 Å². The summed E-state index contributed by atoms with van der Waals surface area (Å²) in [5.41, 5.74) is 1.99. The number of rotatable bonds is 3. The van der Waals surface area contributed by atoms with E-state index >= 15 is 0 Å². The number of benzene rings is 1. The van der Waals surface area contributed by atoms with Gasteiger partial charge in [-0.3, -0.25) is 4.79 Å². The SMILES string of the molecule is Cc1c(C(=O)N[C@@H]2CCCOC2)nnn1-c1ccccc1. The van der Waals surface area contributed by atoms with E-state index in [1.807, 2.05) is 37.3 Å². The molecule has 0 unspecified atom stereocenters. The van der Waals surface area contributed by atoms with Crippen molar-refractivity contribution >= 4 is 5.91 Å². The molecule has 1 fully saturated rings. The number of aromatic nitrogens is 3. The number of carbonyl (C=O) groups excluding carboxylic acids is 1. The Morgan fingerprint density at radius 1 is 1.38 bits per heavy atom. The second-order valence-electron chi connectivity index (χ2n) is 5.16. The first-order valence-electron chi connectivity index (χ1n) is 7.12. The summed E-state index contributed by atoms with van der Waals surface area (Å²) in [6.07, 6.45) is 1.91. The predicted molar refractivity (Wildman–Crippen MR) is 77.4 cm³/mol. The minimum Gasteiger partial charge on any atom is -0.379 e. The molecule has 1 aliphatic rings. The summed E-state index contributed by atoms with van der Waals surface area (Å²) in [6, 6.07) is 9.71. The Morgan fingerprint density at radius 2 is 2.19 bits per heavy atom. The Morgan fingerprint density at radius 3 is 2.90 bits per heavy atom. The van der Waals surface area contributed by atoms with Crippen molar-refractivity contribution in [3.63, 3.8) is 0 Å². The van der Waals surface area contributed by atoms with E-state index in [0.717, 1.165) is 30.8 Å². The van der Waals surface area contributed by atoms with Crippen LogP contribution in [0.25, 0.3) is 5.69 Å². The second kappa shape index (κ2) is 6.05. The summed E-state index contributed by atoms with van der Waals surface area (Å²) in [6.45, 7) is 3.19. The highest BCUT2D eigenvalue weighted by molar-refractivity contribution is 5.93. The van der Waals surface area contributed by atoms with Crippen LogP contribution in [-0.2, 0) is 4.74 Å². The molecular weight excluding hydrogens is 268 g/mol. The molecule has 6 nitrogen and oxygen atoms in total. The van der Waals surface area contributed by atoms with Gasteiger partial charge in [0, 0.05) is 6.61 Å². The maximum atomic E-state index is 12.3. The van der Waals surface area contributed by atoms with Crippen LogP contribution < -0.4 is 5.32 Å². The third-order valence-electron chi connectivity index (χ3n) is 3.61. The molecule has 1 aromatic carbocycles. The van der Waals surface area contributed by atoms with E-state index in [1.165, 1.54) is 0 Å². The highest BCUT2D eigenvalue weighted by Crippen LogP contribution is 2.13. The largest absolute Gasteiger partial charge is 0.379 e. The van der Waals surface area contributed by atoms with Crippen LogP contribution in [0.3, 0.4) is 0 Å². The van der Waals surface area contributed by atoms with Crippen molar-refractivity contribution in [2.45, 2.75) is 25.8 Å². The van der Waals surface area contributed by atoms with E-state index in [0.29, 0.717) is 12.3 Å². The highest BCUT2D eigenvalue weighted by Gasteiger charge is 2.21. The highest BCUT2D eigenvalue weighted by atomic mass is 16.5. The van der Waals surface area contributed by atoms with Gasteiger partial charge in [0.25, 0.3) is 5.91 Å². The molecule has 2 heterocycles. The Bertz CT molecular complexity index is 618. The summed E-state index contributed by atoms with van der Waals surface area (Å²) < 4.78 is 7.04. The quantitative estimate of drug-likeness (QED) is 0.928. The number of hydrogen-bond donors (Lipinski definition) is 1. The Balaban J connectivity index is 1.77. The average molecular weight is 286 g/mol. The molecule has 2 aromatic rings. The van der Waals surface area contributed by atoms with Crippen molar-refractivity contribution in [3.05, 3.63) is 41.7 Å². The summed E-state index contributed by atoms with van der Waals surface area (Å²) >= 11 is 0. The van der Waals surface area contributed by atoms with Gasteiger partial charge in [0.2, 0.25) is 0 Å². The zero-order valence-electron chi connectivity index (χ0n) is 12.0. The lowest BCUT2D eigenvalue weighted by atomic mass is 10.1. The summed E-state index contributed by atoms with van der Waals surface area (Å²) in [7, 11) is 0. The first-order chi connectivity index (χ1) is 10.3. The lowest BCUT2D eigenvalue weighted by Gasteiger charge is -2.22. The van der Waals surface area contributed by atoms with E-state index in [4.69, 9.17) is 4.74 Å². The van der Waals surface area contributed by atoms with Gasteiger partial charge >= 0.3 is 0 Å². The zero-order chi connectivity index (χ0) is 14.7. The Hall–Kier alpha value is -2.21. The molecule has 0 spiro atoms. The van der Waals surface area contributed by atoms with Gasteiger partial charge in [-0.2, -0.15) is 0 Å². The third kappa shape index (κ3) is 2.95. The number of hydrogen-bond acceptors (Lipinski definition) is 4. The number of ether oxygens (including phenoxy) is 1. The van der Waals surface area contributed by atoms with E-state index < -0.39 is 0 Å². The molecule has 1 atom stereocenters. The topological polar surface area (TPSA) is 69.0 Å². The van der Waals surface area contributed by atoms with Gasteiger partial charge in [-0.15, -0.1) is 5.10 Å². The third-order valence-corrected chi connectivity index (χ3v) is 3.61. The normalized spacial score (nSPS) is 18.4. The monoisotopic (exact) mass is 286 g/mol. The summed E-state index contributed by atoms with van der Waals surface area (Å²) in [5, 5.41) is 11.1. The van der Waals surface area contributed by atoms with Gasteiger partial charge in [0.1, 0.15) is 0 Å². The molecule has 3 rings (SSSR count). The minimum atomic E-state index is -0.190. The van der Waals surface area contributed by atoms with Gasteiger partial charge in [-0.05, 0) is 31.9 Å². The molecule has 0 radical (unpaired) electrons. The molecule has 1 aromatic heterocycles. The maximum absolute atomic E-state index is 12.3. The standard InChI is InChI=1S/C15H18N4O2/c1-11-14(15(20)16-12-6-5-9-21-10-12)17-18-19(11)13-7-3-2-4-8-13/h2-4,7-8,12H,5-6,9-10H2,1H3,(H,16,20)/t12-/m1/s1. The minimum absolute atomic E-state index is 0.0625. The van der Waals surface area contributed by atoms with Crippen molar-refractivity contribution in [2.24, 2.45) is 0 Å². The van der Waals surface area contributed by atoms with Crippen LogP contribution in [-0.4, -0.2) is 40.2 Å². The van der Waals surface area contributed by atoms with E-state index in [1.54, 1.807) is 4.68 Å². The van der Waals surface area contributed by atoms with Crippen molar-refractivity contribution in [3.8, 4) is 5.69 Å². The predicted octanol–water partition coefficient (Wildman–Crippen LogP) is 1.48. The molecule has 1 amide bonds. The molecule has 0 aliphatic carbocycles. The lowest BCUT2D eigenvalue weighted by Crippen LogP contribution is -2.41. The van der Waals surface area contributed by atoms with Gasteiger partial charge < -0.3 is 10.1 Å². The number of nitrogens with zero attached hydrogens (tertiary/aromatic N) is 3. The molecule has 21 heavy (non-hydrogen) atoms. The van der Waals surface area contributed by atoms with Gasteiger partial charge in [0.05, 0.1) is 24.0 Å². The van der Waals surface area contributed by atoms with Crippen molar-refractivity contribution in [1.29, 1.82) is 0 Å². The lowest BCUT2D eigenvalue weighted by molar-refractivity contribution is 0.0621. The molecule has 0 saturated carbocycles. The molecule has 1 N–H and O–H groups in total. The second-order valence-corrected chi connectivity index (χ2v) is 5.16. The van der Waals surface area contributed by atoms with E-state index in [-0.39, 0.29) is 11.9 Å². The Kier molecular flexibility index (Phi) is 3.96. The van der Waals surface area contributed by atoms with Gasteiger partial charge in [0.15, 0.2) is 5.69 Å². The number of amides is 1. The average Bonchev–Trinajstić information content (AvgIpc) is 2.91. The van der Waals surface area contributed by atoms with Gasteiger partial charge in [-0.25, -0.2) is 4.68 Å². The van der Waals surface area contributed by atoms with Crippen LogP contribution in [0.5, 0.6) is 0 Å². The molecule has 6 heteroatoms. The number of para-hydroxylation sites is 1. The number of carbonyl (C=O) groups is 1. The first-order valence-corrected chi connectivity index (χ1v) is 7.12. The maximum Gasteiger partial charge on any atom is 0.274 e. The Labute approximate surface area is 123 Å². The molecule has 1 aliphatic heterocycles. The van der Waals surface area contributed by atoms with Crippen molar-refractivity contribution in [2.75, 3.05) is 13.2 Å². The van der Waals surface area contributed by atoms with Crippen LogP contribution in [0.4, 0.5) is 0 Å². The fraction of sp³-hybridized carbons (Fsp3) is 0.400. The smallest absolute Gasteiger partial charge is 0.274 e. The van der Waals surface area contributed by atoms with Gasteiger partial charge in [-0.1, -0.05) is 23.4 Å². The molecule has 0 bridgehead atoms. The van der Waals surface area contributed by atoms with Crippen LogP contribution in [0.2, 0.25) is 0 Å². The van der Waals surface area contributed by atoms with Crippen molar-refractivity contribution < 1.29 is 9.53 Å². The fourth-order valence-corrected chi connectivity index (χ4v) is 2.46. The summed E-state index contributed by atoms with van der Waals surface area (Å²) in [5.74, 6) is -0.190. The molecule has 110 valence electrons.